The lowest BCUT2D eigenvalue weighted by molar-refractivity contribution is -0.131. The minimum Gasteiger partial charge on any atom is -0.444 e. The number of aliphatic hydroxyl groups is 2. The summed E-state index contributed by atoms with van der Waals surface area (Å²) in [7, 11) is 0. The summed E-state index contributed by atoms with van der Waals surface area (Å²) < 4.78 is 5.37. The van der Waals surface area contributed by atoms with Gasteiger partial charge in [-0.15, -0.1) is 0 Å². The molecule has 0 bridgehead atoms. The molecule has 0 saturated carbocycles. The van der Waals surface area contributed by atoms with Gasteiger partial charge in [-0.05, 0) is 24.3 Å². The molecule has 118 valence electrons. The van der Waals surface area contributed by atoms with Gasteiger partial charge in [-0.3, -0.25) is 4.79 Å². The molecule has 1 aromatic carbocycles. The highest BCUT2D eigenvalue weighted by Gasteiger charge is 2.16. The molecule has 0 radical (unpaired) electrons. The van der Waals surface area contributed by atoms with Crippen LogP contribution in [-0.4, -0.2) is 52.3 Å². The van der Waals surface area contributed by atoms with Crippen LogP contribution in [0, 0.1) is 0 Å². The van der Waals surface area contributed by atoms with E-state index in [1.165, 1.54) is 11.2 Å². The average molecular weight is 325 g/mol. The first-order valence-corrected chi connectivity index (χ1v) is 7.21. The van der Waals surface area contributed by atoms with E-state index < -0.39 is 0 Å². The molecule has 2 N–H and O–H groups in total. The smallest absolute Gasteiger partial charge is 0.228 e. The van der Waals surface area contributed by atoms with Crippen molar-refractivity contribution in [1.82, 2.24) is 9.88 Å². The number of hydrogen-bond acceptors (Lipinski definition) is 5. The minimum absolute atomic E-state index is 0.0527. The second kappa shape index (κ2) is 7.93. The van der Waals surface area contributed by atoms with Gasteiger partial charge in [0.25, 0.3) is 0 Å². The van der Waals surface area contributed by atoms with Crippen molar-refractivity contribution in [2.24, 2.45) is 0 Å². The normalized spacial score (nSPS) is 10.7. The molecule has 0 saturated heterocycles. The Morgan fingerprint density at radius 2 is 1.82 bits per heavy atom. The predicted octanol–water partition coefficient (Wildman–Crippen LogP) is 1.35. The highest BCUT2D eigenvalue weighted by molar-refractivity contribution is 6.30. The van der Waals surface area contributed by atoms with Gasteiger partial charge in [0.15, 0.2) is 0 Å². The van der Waals surface area contributed by atoms with Crippen molar-refractivity contribution in [2.75, 3.05) is 26.3 Å². The van der Waals surface area contributed by atoms with Gasteiger partial charge >= 0.3 is 0 Å². The van der Waals surface area contributed by atoms with Crippen molar-refractivity contribution in [3.8, 4) is 11.5 Å². The largest absolute Gasteiger partial charge is 0.444 e. The SMILES string of the molecule is O=C(Cc1coc(-c2ccc(Cl)cc2)n1)N(CCO)CCO. The van der Waals surface area contributed by atoms with Crippen LogP contribution in [-0.2, 0) is 11.2 Å². The molecule has 1 amide bonds. The van der Waals surface area contributed by atoms with Crippen LogP contribution in [0.2, 0.25) is 5.02 Å². The second-order valence-electron chi connectivity index (χ2n) is 4.66. The maximum Gasteiger partial charge on any atom is 0.228 e. The first kappa shape index (κ1) is 16.5. The third-order valence-corrected chi connectivity index (χ3v) is 3.32. The summed E-state index contributed by atoms with van der Waals surface area (Å²) in [5.74, 6) is 0.189. The van der Waals surface area contributed by atoms with Crippen LogP contribution in [0.3, 0.4) is 0 Å². The average Bonchev–Trinajstić information content (AvgIpc) is 2.96. The van der Waals surface area contributed by atoms with Crippen LogP contribution in [0.25, 0.3) is 11.5 Å². The van der Waals surface area contributed by atoms with Crippen LogP contribution in [0.5, 0.6) is 0 Å². The fourth-order valence-corrected chi connectivity index (χ4v) is 2.11. The Labute approximate surface area is 133 Å². The molecule has 1 heterocycles. The van der Waals surface area contributed by atoms with Gasteiger partial charge in [-0.1, -0.05) is 11.6 Å². The highest BCUT2D eigenvalue weighted by Crippen LogP contribution is 2.21. The van der Waals surface area contributed by atoms with Crippen LogP contribution < -0.4 is 0 Å². The first-order valence-electron chi connectivity index (χ1n) is 6.84. The Hall–Kier alpha value is -1.89. The number of carbonyl (C=O) groups is 1. The molecule has 0 unspecified atom stereocenters. The third kappa shape index (κ3) is 4.30. The summed E-state index contributed by atoms with van der Waals surface area (Å²) in [5, 5.41) is 18.5. The fraction of sp³-hybridized carbons (Fsp3) is 0.333. The zero-order chi connectivity index (χ0) is 15.9. The summed E-state index contributed by atoms with van der Waals surface area (Å²) in [6.07, 6.45) is 1.48. The number of amides is 1. The summed E-state index contributed by atoms with van der Waals surface area (Å²) in [6, 6.07) is 7.03. The molecular weight excluding hydrogens is 308 g/mol. The summed E-state index contributed by atoms with van der Waals surface area (Å²) in [5.41, 5.74) is 1.27. The van der Waals surface area contributed by atoms with Crippen LogP contribution in [0.1, 0.15) is 5.69 Å². The minimum atomic E-state index is -0.223. The maximum absolute atomic E-state index is 12.1. The van der Waals surface area contributed by atoms with Crippen LogP contribution >= 0.6 is 11.6 Å². The monoisotopic (exact) mass is 324 g/mol. The number of benzene rings is 1. The molecule has 6 nitrogen and oxygen atoms in total. The Kier molecular flexibility index (Phi) is 5.94. The van der Waals surface area contributed by atoms with E-state index in [-0.39, 0.29) is 38.6 Å². The number of halogens is 1. The van der Waals surface area contributed by atoms with E-state index in [1.807, 2.05) is 0 Å². The lowest BCUT2D eigenvalue weighted by atomic mass is 10.2. The van der Waals surface area contributed by atoms with Crippen molar-refractivity contribution < 1.29 is 19.4 Å². The lowest BCUT2D eigenvalue weighted by Crippen LogP contribution is -2.36. The molecule has 0 spiro atoms. The van der Waals surface area contributed by atoms with Crippen molar-refractivity contribution in [3.63, 3.8) is 0 Å². The highest BCUT2D eigenvalue weighted by atomic mass is 35.5. The molecule has 1 aromatic heterocycles. The Bertz CT molecular complexity index is 606. The topological polar surface area (TPSA) is 86.8 Å². The number of aromatic nitrogens is 1. The van der Waals surface area contributed by atoms with E-state index in [0.29, 0.717) is 16.6 Å². The van der Waals surface area contributed by atoms with E-state index in [1.54, 1.807) is 24.3 Å². The van der Waals surface area contributed by atoms with E-state index in [9.17, 15) is 4.79 Å². The number of oxazole rings is 1. The Morgan fingerprint density at radius 3 is 2.41 bits per heavy atom. The standard InChI is InChI=1S/C15H17ClN2O4/c16-12-3-1-11(2-4-12)15-17-13(10-22-15)9-14(21)18(5-7-19)6-8-20/h1-4,10,19-20H,5-9H2. The molecule has 0 aliphatic heterocycles. The number of nitrogens with zero attached hydrogens (tertiary/aromatic N) is 2. The second-order valence-corrected chi connectivity index (χ2v) is 5.09. The van der Waals surface area contributed by atoms with E-state index in [0.717, 1.165) is 5.56 Å². The number of carbonyl (C=O) groups excluding carboxylic acids is 1. The number of rotatable bonds is 7. The van der Waals surface area contributed by atoms with Crippen LogP contribution in [0.4, 0.5) is 0 Å². The maximum atomic E-state index is 12.1. The zero-order valence-corrected chi connectivity index (χ0v) is 12.7. The number of aliphatic hydroxyl groups excluding tert-OH is 2. The van der Waals surface area contributed by atoms with Gasteiger partial charge in [0.1, 0.15) is 6.26 Å². The van der Waals surface area contributed by atoms with Crippen molar-refractivity contribution in [3.05, 3.63) is 41.2 Å². The van der Waals surface area contributed by atoms with E-state index in [4.69, 9.17) is 26.2 Å². The van der Waals surface area contributed by atoms with Crippen molar-refractivity contribution in [2.45, 2.75) is 6.42 Å². The lowest BCUT2D eigenvalue weighted by Gasteiger charge is -2.19. The molecule has 0 atom stereocenters. The summed E-state index contributed by atoms with van der Waals surface area (Å²) in [4.78, 5) is 17.7. The van der Waals surface area contributed by atoms with Gasteiger partial charge in [-0.2, -0.15) is 0 Å². The molecule has 0 fully saturated rings. The third-order valence-electron chi connectivity index (χ3n) is 3.07. The molecule has 0 aliphatic rings. The molecule has 2 aromatic rings. The zero-order valence-electron chi connectivity index (χ0n) is 11.9. The summed E-state index contributed by atoms with van der Waals surface area (Å²) >= 11 is 5.83. The van der Waals surface area contributed by atoms with Gasteiger partial charge in [0.2, 0.25) is 11.8 Å². The van der Waals surface area contributed by atoms with Gasteiger partial charge < -0.3 is 19.5 Å². The fourth-order valence-electron chi connectivity index (χ4n) is 1.98. The first-order chi connectivity index (χ1) is 10.6. The molecule has 7 heteroatoms. The Morgan fingerprint density at radius 1 is 1.18 bits per heavy atom. The molecular formula is C15H17ClN2O4. The predicted molar refractivity (Wildman–Crippen MR) is 81.4 cm³/mol. The molecule has 2 rings (SSSR count). The van der Waals surface area contributed by atoms with Gasteiger partial charge in [0.05, 0.1) is 25.3 Å². The van der Waals surface area contributed by atoms with Crippen LogP contribution in [0.15, 0.2) is 34.9 Å². The number of hydrogen-bond donors (Lipinski definition) is 2. The van der Waals surface area contributed by atoms with E-state index in [2.05, 4.69) is 4.98 Å². The molecule has 22 heavy (non-hydrogen) atoms. The van der Waals surface area contributed by atoms with Gasteiger partial charge in [0, 0.05) is 23.7 Å². The Balaban J connectivity index is 2.05. The molecule has 0 aliphatic carbocycles. The van der Waals surface area contributed by atoms with Crippen molar-refractivity contribution >= 4 is 17.5 Å². The quantitative estimate of drug-likeness (QED) is 0.803. The van der Waals surface area contributed by atoms with E-state index >= 15 is 0 Å². The summed E-state index contributed by atoms with van der Waals surface area (Å²) in [6.45, 7) is 0.0593. The van der Waals surface area contributed by atoms with Gasteiger partial charge in [-0.25, -0.2) is 4.98 Å². The van der Waals surface area contributed by atoms with Crippen molar-refractivity contribution in [1.29, 1.82) is 0 Å².